The number of hydrogen-bond donors (Lipinski definition) is 2. The summed E-state index contributed by atoms with van der Waals surface area (Å²) in [5.74, 6) is -0.840. The van der Waals surface area contributed by atoms with Crippen molar-refractivity contribution >= 4 is 40.1 Å². The maximum absolute atomic E-state index is 12.2. The van der Waals surface area contributed by atoms with Crippen LogP contribution in [0.15, 0.2) is 40.3 Å². The van der Waals surface area contributed by atoms with Gasteiger partial charge in [-0.2, -0.15) is 0 Å². The van der Waals surface area contributed by atoms with E-state index in [9.17, 15) is 14.4 Å². The molecule has 1 amide bonds. The zero-order valence-corrected chi connectivity index (χ0v) is 18.1. The first-order valence-electron chi connectivity index (χ1n) is 8.97. The molecule has 3 rings (SSSR count). The van der Waals surface area contributed by atoms with Crippen LogP contribution in [-0.2, 0) is 9.53 Å². The van der Waals surface area contributed by atoms with Crippen molar-refractivity contribution in [1.82, 2.24) is 20.2 Å². The number of benzene rings is 1. The summed E-state index contributed by atoms with van der Waals surface area (Å²) in [5, 5.41) is 11.1. The van der Waals surface area contributed by atoms with E-state index in [1.165, 1.54) is 0 Å². The topological polar surface area (TPSA) is 127 Å². The molecule has 0 bridgehead atoms. The molecule has 2 aromatic heterocycles. The van der Waals surface area contributed by atoms with Gasteiger partial charge in [-0.1, -0.05) is 53.4 Å². The molecule has 2 heterocycles. The zero-order chi connectivity index (χ0) is 21.7. The van der Waals surface area contributed by atoms with Crippen molar-refractivity contribution in [2.24, 2.45) is 0 Å². The Balaban J connectivity index is 1.59. The van der Waals surface area contributed by atoms with Crippen molar-refractivity contribution in [3.63, 3.8) is 0 Å². The smallest absolute Gasteiger partial charge is 0.350 e. The Hall–Kier alpha value is -3.05. The molecule has 9 nitrogen and oxygen atoms in total. The summed E-state index contributed by atoms with van der Waals surface area (Å²) in [7, 11) is 0. The molecule has 0 atom stereocenters. The third kappa shape index (κ3) is 5.51. The van der Waals surface area contributed by atoms with Crippen molar-refractivity contribution in [3.8, 4) is 11.3 Å². The van der Waals surface area contributed by atoms with Crippen molar-refractivity contribution in [1.29, 1.82) is 0 Å². The van der Waals surface area contributed by atoms with Crippen molar-refractivity contribution in [2.75, 3.05) is 11.1 Å². The number of H-pyrrole nitrogens is 1. The molecular formula is C19H19N5O4S2. The molecule has 0 radical (unpaired) electrons. The number of anilines is 1. The highest BCUT2D eigenvalue weighted by molar-refractivity contribution is 7.99. The first-order valence-corrected chi connectivity index (χ1v) is 10.8. The van der Waals surface area contributed by atoms with Crippen LogP contribution in [0, 0.1) is 6.92 Å². The van der Waals surface area contributed by atoms with E-state index in [0.29, 0.717) is 21.3 Å². The number of aryl methyl sites for hydroxylation is 1. The molecule has 1 aromatic carbocycles. The third-order valence-corrected chi connectivity index (χ3v) is 5.55. The van der Waals surface area contributed by atoms with Gasteiger partial charge in [-0.3, -0.25) is 14.6 Å². The summed E-state index contributed by atoms with van der Waals surface area (Å²) in [4.78, 5) is 43.6. The van der Waals surface area contributed by atoms with E-state index in [0.717, 1.165) is 23.1 Å². The average Bonchev–Trinajstić information content (AvgIpc) is 3.06. The maximum atomic E-state index is 12.2. The van der Waals surface area contributed by atoms with Gasteiger partial charge in [-0.15, -0.1) is 10.2 Å². The number of carbonyl (C=O) groups excluding carboxylic acids is 2. The van der Waals surface area contributed by atoms with E-state index in [1.807, 2.05) is 6.07 Å². The number of aromatic amines is 1. The average molecular weight is 446 g/mol. The maximum Gasteiger partial charge on any atom is 0.350 e. The number of aromatic nitrogens is 4. The molecule has 0 aliphatic rings. The minimum absolute atomic E-state index is 0.0142. The normalized spacial score (nSPS) is 10.8. The van der Waals surface area contributed by atoms with Gasteiger partial charge in [-0.05, 0) is 20.8 Å². The molecular weight excluding hydrogens is 426 g/mol. The summed E-state index contributed by atoms with van der Waals surface area (Å²) in [6.45, 7) is 5.19. The number of esters is 1. The summed E-state index contributed by atoms with van der Waals surface area (Å²) in [5.41, 5.74) is 0.971. The fourth-order valence-electron chi connectivity index (χ4n) is 2.37. The highest BCUT2D eigenvalue weighted by atomic mass is 32.2. The third-order valence-electron chi connectivity index (χ3n) is 3.63. The minimum Gasteiger partial charge on any atom is -0.459 e. The highest BCUT2D eigenvalue weighted by Gasteiger charge is 2.19. The number of hydrogen-bond acceptors (Lipinski definition) is 9. The van der Waals surface area contributed by atoms with E-state index in [-0.39, 0.29) is 34.2 Å². The number of thioether (sulfide) groups is 1. The van der Waals surface area contributed by atoms with Crippen LogP contribution in [0.2, 0.25) is 0 Å². The Labute approximate surface area is 180 Å². The number of rotatable bonds is 7. The minimum atomic E-state index is -0.471. The van der Waals surface area contributed by atoms with Crippen LogP contribution >= 0.6 is 23.1 Å². The second-order valence-electron chi connectivity index (χ2n) is 6.40. The van der Waals surface area contributed by atoms with Gasteiger partial charge in [0, 0.05) is 5.56 Å². The lowest BCUT2D eigenvalue weighted by Crippen LogP contribution is -2.17. The Morgan fingerprint density at radius 2 is 1.97 bits per heavy atom. The number of amides is 1. The molecule has 0 saturated heterocycles. The van der Waals surface area contributed by atoms with Gasteiger partial charge < -0.3 is 10.1 Å². The molecule has 0 fully saturated rings. The Morgan fingerprint density at radius 1 is 1.23 bits per heavy atom. The monoisotopic (exact) mass is 445 g/mol. The standard InChI is InChI=1S/C19H19N5O4S2/c1-10(2)28-17(27)15-11(3)20-18(30-15)21-13(25)9-29-19-22-16(26)14(23-24-19)12-7-5-4-6-8-12/h4-8,10H,9H2,1-3H3,(H,20,21,25)(H,22,24,26). The molecule has 11 heteroatoms. The zero-order valence-electron chi connectivity index (χ0n) is 16.5. The van der Waals surface area contributed by atoms with Gasteiger partial charge in [-0.25, -0.2) is 9.78 Å². The van der Waals surface area contributed by atoms with Gasteiger partial charge >= 0.3 is 5.97 Å². The Morgan fingerprint density at radius 3 is 2.63 bits per heavy atom. The molecule has 0 aliphatic heterocycles. The number of nitrogens with one attached hydrogen (secondary N) is 2. The van der Waals surface area contributed by atoms with E-state index in [1.54, 1.807) is 45.0 Å². The van der Waals surface area contributed by atoms with Gasteiger partial charge in [0.25, 0.3) is 5.56 Å². The fraction of sp³-hybridized carbons (Fsp3) is 0.263. The molecule has 156 valence electrons. The van der Waals surface area contributed by atoms with Gasteiger partial charge in [0.15, 0.2) is 16.0 Å². The molecule has 0 aliphatic carbocycles. The van der Waals surface area contributed by atoms with Crippen LogP contribution in [0.25, 0.3) is 11.3 Å². The summed E-state index contributed by atoms with van der Waals surface area (Å²) in [6, 6.07) is 8.98. The summed E-state index contributed by atoms with van der Waals surface area (Å²) in [6.07, 6.45) is -0.245. The lowest BCUT2D eigenvalue weighted by Gasteiger charge is -2.05. The van der Waals surface area contributed by atoms with Crippen molar-refractivity contribution < 1.29 is 14.3 Å². The number of nitrogens with zero attached hydrogens (tertiary/aromatic N) is 3. The second-order valence-corrected chi connectivity index (χ2v) is 8.36. The summed E-state index contributed by atoms with van der Waals surface area (Å²) >= 11 is 2.08. The van der Waals surface area contributed by atoms with E-state index >= 15 is 0 Å². The number of thiazole rings is 1. The van der Waals surface area contributed by atoms with Crippen molar-refractivity contribution in [3.05, 3.63) is 51.3 Å². The van der Waals surface area contributed by atoms with E-state index in [4.69, 9.17) is 4.74 Å². The first kappa shape index (κ1) is 21.7. The number of ether oxygens (including phenoxy) is 1. The quantitative estimate of drug-likeness (QED) is 0.420. The molecule has 0 spiro atoms. The van der Waals surface area contributed by atoms with E-state index in [2.05, 4.69) is 25.5 Å². The first-order chi connectivity index (χ1) is 14.3. The highest BCUT2D eigenvalue weighted by Crippen LogP contribution is 2.24. The number of carbonyl (C=O) groups is 2. The summed E-state index contributed by atoms with van der Waals surface area (Å²) < 4.78 is 5.16. The van der Waals surface area contributed by atoms with Gasteiger partial charge in [0.1, 0.15) is 4.88 Å². The Bertz CT molecular complexity index is 1110. The lowest BCUT2D eigenvalue weighted by molar-refractivity contribution is -0.113. The van der Waals surface area contributed by atoms with Crippen LogP contribution in [0.3, 0.4) is 0 Å². The second kappa shape index (κ2) is 9.63. The Kier molecular flexibility index (Phi) is 6.95. The van der Waals surface area contributed by atoms with Crippen LogP contribution in [0.5, 0.6) is 0 Å². The molecule has 0 saturated carbocycles. The van der Waals surface area contributed by atoms with Crippen LogP contribution in [0.4, 0.5) is 5.13 Å². The lowest BCUT2D eigenvalue weighted by atomic mass is 10.2. The fourth-order valence-corrected chi connectivity index (χ4v) is 3.84. The molecule has 2 N–H and O–H groups in total. The predicted molar refractivity (Wildman–Crippen MR) is 115 cm³/mol. The van der Waals surface area contributed by atoms with Crippen LogP contribution < -0.4 is 10.9 Å². The molecule has 30 heavy (non-hydrogen) atoms. The predicted octanol–water partition coefficient (Wildman–Crippen LogP) is 2.89. The van der Waals surface area contributed by atoms with Crippen molar-refractivity contribution in [2.45, 2.75) is 32.0 Å². The molecule has 0 unspecified atom stereocenters. The SMILES string of the molecule is Cc1nc(NC(=O)CSc2nnc(-c3ccccc3)c(=O)[nH]2)sc1C(=O)OC(C)C. The van der Waals surface area contributed by atoms with Crippen LogP contribution in [0.1, 0.15) is 29.2 Å². The van der Waals surface area contributed by atoms with Gasteiger partial charge in [0.2, 0.25) is 5.91 Å². The van der Waals surface area contributed by atoms with Crippen LogP contribution in [-0.4, -0.2) is 43.9 Å². The van der Waals surface area contributed by atoms with E-state index < -0.39 is 5.97 Å². The largest absolute Gasteiger partial charge is 0.459 e. The van der Waals surface area contributed by atoms with Gasteiger partial charge in [0.05, 0.1) is 17.6 Å². The molecule has 3 aromatic rings.